The second-order valence-electron chi connectivity index (χ2n) is 8.43. The predicted octanol–water partition coefficient (Wildman–Crippen LogP) is 3.41. The number of sulfonamides is 1. The van der Waals surface area contributed by atoms with Gasteiger partial charge in [0.1, 0.15) is 5.75 Å². The number of anilines is 2. The number of hydrogen-bond donors (Lipinski definition) is 0. The molecule has 0 unspecified atom stereocenters. The van der Waals surface area contributed by atoms with Gasteiger partial charge in [-0.25, -0.2) is 8.42 Å². The average Bonchev–Trinajstić information content (AvgIpc) is 3.33. The molecule has 0 N–H and O–H groups in total. The minimum atomic E-state index is -3.75. The highest BCUT2D eigenvalue weighted by Gasteiger charge is 2.31. The van der Waals surface area contributed by atoms with Crippen LogP contribution in [0.4, 0.5) is 11.4 Å². The average molecular weight is 478 g/mol. The normalized spacial score (nSPS) is 15.9. The number of hydrogen-bond acceptors (Lipinski definition) is 5. The number of para-hydroxylation sites is 3. The van der Waals surface area contributed by atoms with E-state index in [-0.39, 0.29) is 10.8 Å². The number of fused-ring (bicyclic) bond motifs is 1. The van der Waals surface area contributed by atoms with E-state index < -0.39 is 10.0 Å². The number of amides is 1. The van der Waals surface area contributed by atoms with Gasteiger partial charge in [-0.05, 0) is 48.4 Å². The lowest BCUT2D eigenvalue weighted by Crippen LogP contribution is -2.48. The molecule has 0 spiro atoms. The number of carbonyl (C=O) groups excluding carboxylic acids is 1. The van der Waals surface area contributed by atoms with Crippen molar-refractivity contribution in [3.8, 4) is 5.75 Å². The van der Waals surface area contributed by atoms with E-state index in [0.29, 0.717) is 50.4 Å². The van der Waals surface area contributed by atoms with Crippen molar-refractivity contribution < 1.29 is 17.9 Å². The van der Waals surface area contributed by atoms with Gasteiger partial charge in [0.2, 0.25) is 0 Å². The van der Waals surface area contributed by atoms with Gasteiger partial charge in [0, 0.05) is 38.3 Å². The Morgan fingerprint density at radius 1 is 0.824 bits per heavy atom. The van der Waals surface area contributed by atoms with Gasteiger partial charge in [0.15, 0.2) is 0 Å². The van der Waals surface area contributed by atoms with Crippen molar-refractivity contribution in [1.29, 1.82) is 0 Å². The van der Waals surface area contributed by atoms with E-state index >= 15 is 0 Å². The van der Waals surface area contributed by atoms with Crippen molar-refractivity contribution in [2.75, 3.05) is 49.0 Å². The number of methoxy groups -OCH3 is 1. The summed E-state index contributed by atoms with van der Waals surface area (Å²) in [5.41, 5.74) is 3.13. The second kappa shape index (κ2) is 9.02. The lowest BCUT2D eigenvalue weighted by Gasteiger charge is -2.36. The third-order valence-electron chi connectivity index (χ3n) is 6.51. The van der Waals surface area contributed by atoms with Gasteiger partial charge in [-0.15, -0.1) is 0 Å². The number of nitrogens with zero attached hydrogens (tertiary/aromatic N) is 3. The predicted molar refractivity (Wildman–Crippen MR) is 132 cm³/mol. The Hall–Kier alpha value is -3.52. The van der Waals surface area contributed by atoms with E-state index in [4.69, 9.17) is 4.74 Å². The van der Waals surface area contributed by atoms with Crippen LogP contribution in [0.15, 0.2) is 77.7 Å². The van der Waals surface area contributed by atoms with E-state index in [1.807, 2.05) is 48.5 Å². The molecule has 0 saturated carbocycles. The van der Waals surface area contributed by atoms with E-state index in [0.717, 1.165) is 17.0 Å². The SMILES string of the molecule is COc1ccccc1N1CCN(C(=O)c2cccc(S(=O)(=O)N3CCc4ccccc43)c2)CC1. The third kappa shape index (κ3) is 3.98. The molecule has 3 aromatic carbocycles. The van der Waals surface area contributed by atoms with Crippen molar-refractivity contribution in [2.24, 2.45) is 0 Å². The minimum Gasteiger partial charge on any atom is -0.495 e. The zero-order chi connectivity index (χ0) is 23.7. The van der Waals surface area contributed by atoms with Crippen molar-refractivity contribution in [3.05, 3.63) is 83.9 Å². The molecule has 2 aliphatic rings. The maximum atomic E-state index is 13.4. The van der Waals surface area contributed by atoms with Crippen LogP contribution in [-0.2, 0) is 16.4 Å². The van der Waals surface area contributed by atoms with Crippen molar-refractivity contribution in [3.63, 3.8) is 0 Å². The minimum absolute atomic E-state index is 0.141. The van der Waals surface area contributed by atoms with Crippen LogP contribution in [0.2, 0.25) is 0 Å². The molecule has 0 radical (unpaired) electrons. The van der Waals surface area contributed by atoms with E-state index in [9.17, 15) is 13.2 Å². The molecule has 3 aromatic rings. The van der Waals surface area contributed by atoms with Gasteiger partial charge < -0.3 is 14.5 Å². The number of rotatable bonds is 5. The molecule has 176 valence electrons. The highest BCUT2D eigenvalue weighted by atomic mass is 32.2. The Labute approximate surface area is 200 Å². The summed E-state index contributed by atoms with van der Waals surface area (Å²) >= 11 is 0. The van der Waals surface area contributed by atoms with Crippen LogP contribution in [-0.4, -0.2) is 59.1 Å². The lowest BCUT2D eigenvalue weighted by molar-refractivity contribution is 0.0746. The smallest absolute Gasteiger partial charge is 0.264 e. The number of piperazine rings is 1. The third-order valence-corrected chi connectivity index (χ3v) is 8.32. The van der Waals surface area contributed by atoms with Crippen LogP contribution in [0.3, 0.4) is 0 Å². The monoisotopic (exact) mass is 477 g/mol. The molecule has 7 nitrogen and oxygen atoms in total. The van der Waals surface area contributed by atoms with Gasteiger partial charge in [-0.2, -0.15) is 0 Å². The molecule has 0 bridgehead atoms. The van der Waals surface area contributed by atoms with Crippen LogP contribution in [0, 0.1) is 0 Å². The molecule has 1 saturated heterocycles. The molecule has 0 aliphatic carbocycles. The Morgan fingerprint density at radius 2 is 1.53 bits per heavy atom. The van der Waals surface area contributed by atoms with Crippen LogP contribution in [0.5, 0.6) is 5.75 Å². The Morgan fingerprint density at radius 3 is 2.29 bits per heavy atom. The first-order chi connectivity index (χ1) is 16.5. The first-order valence-electron chi connectivity index (χ1n) is 11.4. The fraction of sp³-hybridized carbons (Fsp3) is 0.269. The maximum Gasteiger partial charge on any atom is 0.264 e. The quantitative estimate of drug-likeness (QED) is 0.563. The molecule has 0 atom stereocenters. The standard InChI is InChI=1S/C26H27N3O4S/c1-33-25-12-5-4-11-24(25)27-15-17-28(18-16-27)26(30)21-8-6-9-22(19-21)34(31,32)29-14-13-20-7-2-3-10-23(20)29/h2-12,19H,13-18H2,1H3. The summed E-state index contributed by atoms with van der Waals surface area (Å²) in [5.74, 6) is 0.655. The lowest BCUT2D eigenvalue weighted by atomic mass is 10.1. The zero-order valence-electron chi connectivity index (χ0n) is 19.1. The largest absolute Gasteiger partial charge is 0.495 e. The Kier molecular flexibility index (Phi) is 5.91. The summed E-state index contributed by atoms with van der Waals surface area (Å²) in [6.07, 6.45) is 0.685. The first kappa shape index (κ1) is 22.3. The highest BCUT2D eigenvalue weighted by Crippen LogP contribution is 2.33. The van der Waals surface area contributed by atoms with Crippen LogP contribution < -0.4 is 13.9 Å². The number of carbonyl (C=O) groups is 1. The van der Waals surface area contributed by atoms with Crippen molar-refractivity contribution >= 4 is 27.3 Å². The molecule has 34 heavy (non-hydrogen) atoms. The molecule has 2 heterocycles. The molecule has 2 aliphatic heterocycles. The Balaban J connectivity index is 1.32. The van der Waals surface area contributed by atoms with Gasteiger partial charge in [0.05, 0.1) is 23.4 Å². The van der Waals surface area contributed by atoms with Gasteiger partial charge >= 0.3 is 0 Å². The number of benzene rings is 3. The van der Waals surface area contributed by atoms with Crippen molar-refractivity contribution in [2.45, 2.75) is 11.3 Å². The second-order valence-corrected chi connectivity index (χ2v) is 10.3. The maximum absolute atomic E-state index is 13.4. The number of ether oxygens (including phenoxy) is 1. The summed E-state index contributed by atoms with van der Waals surface area (Å²) in [6, 6.07) is 21.8. The summed E-state index contributed by atoms with van der Waals surface area (Å²) in [4.78, 5) is 17.4. The molecular formula is C26H27N3O4S. The topological polar surface area (TPSA) is 70.2 Å². The molecule has 0 aromatic heterocycles. The van der Waals surface area contributed by atoms with E-state index in [1.54, 1.807) is 30.2 Å². The van der Waals surface area contributed by atoms with Gasteiger partial charge in [-0.3, -0.25) is 9.10 Å². The molecule has 8 heteroatoms. The Bertz CT molecular complexity index is 1320. The fourth-order valence-electron chi connectivity index (χ4n) is 4.70. The molecule has 5 rings (SSSR count). The van der Waals surface area contributed by atoms with Crippen LogP contribution >= 0.6 is 0 Å². The highest BCUT2D eigenvalue weighted by molar-refractivity contribution is 7.92. The van der Waals surface area contributed by atoms with Crippen LogP contribution in [0.1, 0.15) is 15.9 Å². The summed E-state index contributed by atoms with van der Waals surface area (Å²) in [7, 11) is -2.10. The van der Waals surface area contributed by atoms with Gasteiger partial charge in [0.25, 0.3) is 15.9 Å². The van der Waals surface area contributed by atoms with E-state index in [1.165, 1.54) is 10.4 Å². The summed E-state index contributed by atoms with van der Waals surface area (Å²) in [5, 5.41) is 0. The first-order valence-corrected chi connectivity index (χ1v) is 12.8. The van der Waals surface area contributed by atoms with Gasteiger partial charge in [-0.1, -0.05) is 36.4 Å². The molecule has 1 amide bonds. The zero-order valence-corrected chi connectivity index (χ0v) is 19.9. The molecular weight excluding hydrogens is 450 g/mol. The van der Waals surface area contributed by atoms with E-state index in [2.05, 4.69) is 4.90 Å². The van der Waals surface area contributed by atoms with Crippen molar-refractivity contribution in [1.82, 2.24) is 4.90 Å². The summed E-state index contributed by atoms with van der Waals surface area (Å²) in [6.45, 7) is 2.86. The summed E-state index contributed by atoms with van der Waals surface area (Å²) < 4.78 is 33.7. The molecule has 1 fully saturated rings. The van der Waals surface area contributed by atoms with Crippen LogP contribution in [0.25, 0.3) is 0 Å². The fourth-order valence-corrected chi connectivity index (χ4v) is 6.25.